The fourth-order valence-electron chi connectivity index (χ4n) is 4.46. The van der Waals surface area contributed by atoms with Crippen LogP contribution in [0.1, 0.15) is 61.6 Å². The highest BCUT2D eigenvalue weighted by atomic mass is 32.2. The van der Waals surface area contributed by atoms with Crippen LogP contribution < -0.4 is 5.32 Å². The van der Waals surface area contributed by atoms with Crippen LogP contribution >= 0.6 is 11.3 Å². The van der Waals surface area contributed by atoms with Gasteiger partial charge in [-0.3, -0.25) is 4.68 Å². The first-order valence-electron chi connectivity index (χ1n) is 11.1. The SMILES string of the molecule is Cc1cc(Nc2ccc(-c3cnc(C4CCCCC4)s3)c(S(=N)(=O)C3CC3)c2)n(C)n1. The lowest BCUT2D eigenvalue weighted by atomic mass is 9.90. The maximum Gasteiger partial charge on any atom is 0.128 e. The Morgan fingerprint density at radius 3 is 2.61 bits per heavy atom. The number of nitrogens with one attached hydrogen (secondary N) is 2. The zero-order valence-electron chi connectivity index (χ0n) is 18.1. The van der Waals surface area contributed by atoms with E-state index < -0.39 is 9.73 Å². The van der Waals surface area contributed by atoms with Crippen LogP contribution in [0.2, 0.25) is 0 Å². The Hall–Kier alpha value is -2.19. The summed E-state index contributed by atoms with van der Waals surface area (Å²) in [6.07, 6.45) is 9.97. The van der Waals surface area contributed by atoms with Crippen LogP contribution in [-0.4, -0.2) is 24.2 Å². The van der Waals surface area contributed by atoms with Crippen molar-refractivity contribution in [3.63, 3.8) is 0 Å². The lowest BCUT2D eigenvalue weighted by molar-refractivity contribution is 0.442. The molecule has 0 bridgehead atoms. The first-order chi connectivity index (χ1) is 14.9. The zero-order valence-corrected chi connectivity index (χ0v) is 19.7. The third-order valence-corrected chi connectivity index (χ3v) is 9.91. The topological polar surface area (TPSA) is 83.7 Å². The minimum absolute atomic E-state index is 0.0359. The van der Waals surface area contributed by atoms with Crippen LogP contribution in [0, 0.1) is 11.7 Å². The van der Waals surface area contributed by atoms with E-state index in [1.54, 1.807) is 16.0 Å². The Kier molecular flexibility index (Phi) is 5.38. The smallest absolute Gasteiger partial charge is 0.128 e. The summed E-state index contributed by atoms with van der Waals surface area (Å²) < 4.78 is 24.1. The summed E-state index contributed by atoms with van der Waals surface area (Å²) in [5.74, 6) is 1.42. The minimum atomic E-state index is -2.86. The molecule has 2 fully saturated rings. The number of rotatable bonds is 6. The number of aromatic nitrogens is 3. The van der Waals surface area contributed by atoms with Gasteiger partial charge in [0, 0.05) is 41.7 Å². The van der Waals surface area contributed by atoms with E-state index in [4.69, 9.17) is 9.76 Å². The molecule has 2 heterocycles. The summed E-state index contributed by atoms with van der Waals surface area (Å²) in [7, 11) is -0.968. The maximum atomic E-state index is 13.5. The molecule has 2 saturated carbocycles. The molecule has 2 aliphatic rings. The van der Waals surface area contributed by atoms with Gasteiger partial charge in [-0.2, -0.15) is 5.10 Å². The van der Waals surface area contributed by atoms with E-state index in [-0.39, 0.29) is 5.25 Å². The molecular weight excluding hydrogens is 426 g/mol. The van der Waals surface area contributed by atoms with Crippen molar-refractivity contribution >= 4 is 32.6 Å². The van der Waals surface area contributed by atoms with Crippen LogP contribution in [0.25, 0.3) is 10.4 Å². The summed E-state index contributed by atoms with van der Waals surface area (Å²) in [6, 6.07) is 7.90. The Morgan fingerprint density at radius 1 is 1.16 bits per heavy atom. The summed E-state index contributed by atoms with van der Waals surface area (Å²) in [5.41, 5.74) is 2.67. The number of anilines is 2. The Bertz CT molecular complexity index is 1200. The first-order valence-corrected chi connectivity index (χ1v) is 13.5. The van der Waals surface area contributed by atoms with Gasteiger partial charge in [0.1, 0.15) is 5.82 Å². The van der Waals surface area contributed by atoms with Gasteiger partial charge in [0.25, 0.3) is 0 Å². The molecule has 2 aromatic heterocycles. The number of hydrogen-bond acceptors (Lipinski definition) is 6. The number of hydrogen-bond donors (Lipinski definition) is 2. The largest absolute Gasteiger partial charge is 0.340 e. The maximum absolute atomic E-state index is 13.5. The molecule has 2 aliphatic carbocycles. The molecule has 0 radical (unpaired) electrons. The predicted octanol–water partition coefficient (Wildman–Crippen LogP) is 6.21. The van der Waals surface area contributed by atoms with Crippen molar-refractivity contribution in [2.45, 2.75) is 67.9 Å². The molecule has 5 rings (SSSR count). The molecule has 31 heavy (non-hydrogen) atoms. The Morgan fingerprint density at radius 2 is 1.94 bits per heavy atom. The van der Waals surface area contributed by atoms with E-state index in [9.17, 15) is 4.21 Å². The molecule has 6 nitrogen and oxygen atoms in total. The Balaban J connectivity index is 1.52. The van der Waals surface area contributed by atoms with Gasteiger partial charge < -0.3 is 5.32 Å². The lowest BCUT2D eigenvalue weighted by Gasteiger charge is -2.19. The average Bonchev–Trinajstić information content (AvgIpc) is 3.44. The monoisotopic (exact) mass is 455 g/mol. The fourth-order valence-corrected chi connectivity index (χ4v) is 7.62. The third-order valence-electron chi connectivity index (χ3n) is 6.32. The Labute approximate surface area is 188 Å². The van der Waals surface area contributed by atoms with Crippen molar-refractivity contribution in [2.24, 2.45) is 7.05 Å². The quantitative estimate of drug-likeness (QED) is 0.463. The summed E-state index contributed by atoms with van der Waals surface area (Å²) in [5, 5.41) is 8.92. The lowest BCUT2D eigenvalue weighted by Crippen LogP contribution is -2.08. The van der Waals surface area contributed by atoms with Gasteiger partial charge in [-0.25, -0.2) is 14.0 Å². The average molecular weight is 456 g/mol. The van der Waals surface area contributed by atoms with Gasteiger partial charge in [0.15, 0.2) is 0 Å². The van der Waals surface area contributed by atoms with Crippen LogP contribution in [0.5, 0.6) is 0 Å². The van der Waals surface area contributed by atoms with Crippen molar-refractivity contribution < 1.29 is 4.21 Å². The van der Waals surface area contributed by atoms with E-state index in [1.165, 1.54) is 37.1 Å². The molecule has 3 aromatic rings. The second kappa shape index (κ2) is 8.06. The normalized spacial score (nSPS) is 19.3. The summed E-state index contributed by atoms with van der Waals surface area (Å²) in [4.78, 5) is 6.41. The van der Waals surface area contributed by atoms with E-state index in [0.717, 1.165) is 40.5 Å². The molecule has 0 spiro atoms. The highest BCUT2D eigenvalue weighted by molar-refractivity contribution is 7.93. The second-order valence-electron chi connectivity index (χ2n) is 8.83. The van der Waals surface area contributed by atoms with Gasteiger partial charge in [-0.15, -0.1) is 11.3 Å². The van der Waals surface area contributed by atoms with Crippen LogP contribution in [0.3, 0.4) is 0 Å². The highest BCUT2D eigenvalue weighted by Crippen LogP contribution is 2.43. The molecule has 8 heteroatoms. The predicted molar refractivity (Wildman–Crippen MR) is 127 cm³/mol. The molecule has 1 unspecified atom stereocenters. The molecular formula is C23H29N5OS2. The standard InChI is InChI=1S/C23H29N5OS2/c1-15-12-22(28(2)27-15)26-17-8-11-19(21(13-17)31(24,29)18-9-10-18)20-14-25-23(30-20)16-6-4-3-5-7-16/h8,11-14,16,18,24,26H,3-7,9-10H2,1-2H3. The molecule has 164 valence electrons. The van der Waals surface area contributed by atoms with E-state index in [1.807, 2.05) is 44.4 Å². The van der Waals surface area contributed by atoms with E-state index in [2.05, 4.69) is 10.4 Å². The van der Waals surface area contributed by atoms with Crippen LogP contribution in [-0.2, 0) is 16.8 Å². The number of aryl methyl sites for hydroxylation is 2. The molecule has 1 aromatic carbocycles. The third kappa shape index (κ3) is 4.15. The zero-order chi connectivity index (χ0) is 21.6. The molecule has 0 aliphatic heterocycles. The molecule has 1 atom stereocenters. The van der Waals surface area contributed by atoms with Crippen molar-refractivity contribution in [1.82, 2.24) is 14.8 Å². The molecule has 2 N–H and O–H groups in total. The van der Waals surface area contributed by atoms with E-state index >= 15 is 0 Å². The van der Waals surface area contributed by atoms with Crippen LogP contribution in [0.15, 0.2) is 35.4 Å². The second-order valence-corrected chi connectivity index (χ2v) is 12.2. The van der Waals surface area contributed by atoms with Crippen molar-refractivity contribution in [3.05, 3.63) is 41.2 Å². The van der Waals surface area contributed by atoms with Crippen molar-refractivity contribution in [2.75, 3.05) is 5.32 Å². The van der Waals surface area contributed by atoms with E-state index in [0.29, 0.717) is 10.8 Å². The molecule has 0 amide bonds. The minimum Gasteiger partial charge on any atom is -0.340 e. The highest BCUT2D eigenvalue weighted by Gasteiger charge is 2.35. The summed E-state index contributed by atoms with van der Waals surface area (Å²) >= 11 is 1.72. The van der Waals surface area contributed by atoms with Crippen molar-refractivity contribution in [1.29, 1.82) is 4.78 Å². The number of thiazole rings is 1. The first kappa shape index (κ1) is 20.7. The van der Waals surface area contributed by atoms with Gasteiger partial charge in [-0.1, -0.05) is 25.3 Å². The molecule has 0 saturated heterocycles. The summed E-state index contributed by atoms with van der Waals surface area (Å²) in [6.45, 7) is 1.96. The number of benzene rings is 1. The van der Waals surface area contributed by atoms with Crippen LogP contribution in [0.4, 0.5) is 11.5 Å². The van der Waals surface area contributed by atoms with Gasteiger partial charge >= 0.3 is 0 Å². The number of nitrogens with zero attached hydrogens (tertiary/aromatic N) is 3. The van der Waals surface area contributed by atoms with Crippen molar-refractivity contribution in [3.8, 4) is 10.4 Å². The van der Waals surface area contributed by atoms with Gasteiger partial charge in [0.05, 0.1) is 30.2 Å². The van der Waals surface area contributed by atoms with Gasteiger partial charge in [-0.05, 0) is 44.7 Å². The fraction of sp³-hybridized carbons (Fsp3) is 0.478. The van der Waals surface area contributed by atoms with Gasteiger partial charge in [0.2, 0.25) is 0 Å².